The van der Waals surface area contributed by atoms with E-state index in [0.29, 0.717) is 23.7 Å². The quantitative estimate of drug-likeness (QED) is 0.636. The van der Waals surface area contributed by atoms with Crippen molar-refractivity contribution in [2.24, 2.45) is 29.6 Å². The van der Waals surface area contributed by atoms with Gasteiger partial charge in [0.15, 0.2) is 0 Å². The lowest BCUT2D eigenvalue weighted by Crippen LogP contribution is -2.44. The Morgan fingerprint density at radius 1 is 1.24 bits per heavy atom. The first-order valence-electron chi connectivity index (χ1n) is 6.27. The van der Waals surface area contributed by atoms with Crippen LogP contribution in [0.3, 0.4) is 0 Å². The molecule has 0 aromatic carbocycles. The van der Waals surface area contributed by atoms with Crippen LogP contribution in [-0.4, -0.2) is 34.7 Å². The molecule has 0 aliphatic heterocycles. The average molecular weight is 239 g/mol. The highest BCUT2D eigenvalue weighted by Crippen LogP contribution is 2.69. The molecule has 2 bridgehead atoms. The van der Waals surface area contributed by atoms with Crippen LogP contribution in [0.2, 0.25) is 0 Å². The molecule has 3 fully saturated rings. The van der Waals surface area contributed by atoms with Gasteiger partial charge in [-0.15, -0.1) is 0 Å². The number of carboxylic acid groups (broad SMARTS) is 1. The second-order valence-electron chi connectivity index (χ2n) is 5.60. The summed E-state index contributed by atoms with van der Waals surface area (Å²) in [6.07, 6.45) is 3.73. The van der Waals surface area contributed by atoms with Gasteiger partial charge in [-0.3, -0.25) is 4.79 Å². The summed E-state index contributed by atoms with van der Waals surface area (Å²) in [5, 5.41) is 20.1. The number of rotatable bonds is 4. The monoisotopic (exact) mass is 239 g/mol. The van der Waals surface area contributed by atoms with Crippen molar-refractivity contribution in [2.75, 3.05) is 6.61 Å². The summed E-state index contributed by atoms with van der Waals surface area (Å²) in [5.74, 6) is 1.07. The minimum atomic E-state index is -1.17. The fourth-order valence-electron chi connectivity index (χ4n) is 4.13. The first kappa shape index (κ1) is 11.0. The Kier molecular flexibility index (Phi) is 2.40. The fraction of sp³-hybridized carbons (Fsp3) is 0.833. The Labute approximate surface area is 99.2 Å². The molecule has 5 atom stereocenters. The van der Waals surface area contributed by atoms with Gasteiger partial charge in [-0.25, -0.2) is 4.79 Å². The van der Waals surface area contributed by atoms with E-state index in [2.05, 4.69) is 5.32 Å². The summed E-state index contributed by atoms with van der Waals surface area (Å²) in [6, 6.07) is -1.15. The molecule has 5 nitrogen and oxygen atoms in total. The SMILES string of the molecule is O=C(N[C@@H](CO)C(=O)O)C1C2C3CCC(C3)C12. The number of amides is 1. The van der Waals surface area contributed by atoms with Gasteiger partial charge in [0.25, 0.3) is 0 Å². The van der Waals surface area contributed by atoms with Gasteiger partial charge in [0.1, 0.15) is 6.04 Å². The van der Waals surface area contributed by atoms with Crippen LogP contribution >= 0.6 is 0 Å². The first-order chi connectivity index (χ1) is 8.13. The number of carbonyl (C=O) groups is 2. The maximum Gasteiger partial charge on any atom is 0.328 e. The van der Waals surface area contributed by atoms with E-state index >= 15 is 0 Å². The van der Waals surface area contributed by atoms with Crippen LogP contribution in [0.4, 0.5) is 0 Å². The Bertz CT molecular complexity index is 354. The maximum absolute atomic E-state index is 11.9. The van der Waals surface area contributed by atoms with Crippen LogP contribution in [0, 0.1) is 29.6 Å². The molecule has 0 heterocycles. The van der Waals surface area contributed by atoms with Gasteiger partial charge in [0, 0.05) is 5.92 Å². The van der Waals surface area contributed by atoms with E-state index in [-0.39, 0.29) is 11.8 Å². The van der Waals surface area contributed by atoms with E-state index in [4.69, 9.17) is 10.2 Å². The van der Waals surface area contributed by atoms with Crippen LogP contribution < -0.4 is 5.32 Å². The molecule has 0 spiro atoms. The zero-order chi connectivity index (χ0) is 12.2. The van der Waals surface area contributed by atoms with Crippen molar-refractivity contribution < 1.29 is 19.8 Å². The van der Waals surface area contributed by atoms with Crippen LogP contribution in [0.5, 0.6) is 0 Å². The van der Waals surface area contributed by atoms with E-state index < -0.39 is 18.6 Å². The number of fused-ring (bicyclic) bond motifs is 5. The molecule has 0 radical (unpaired) electrons. The molecule has 17 heavy (non-hydrogen) atoms. The van der Waals surface area contributed by atoms with E-state index in [9.17, 15) is 9.59 Å². The summed E-state index contributed by atoms with van der Waals surface area (Å²) in [4.78, 5) is 22.6. The van der Waals surface area contributed by atoms with Crippen molar-refractivity contribution in [1.29, 1.82) is 0 Å². The molecule has 0 aromatic rings. The Morgan fingerprint density at radius 3 is 2.29 bits per heavy atom. The zero-order valence-corrected chi connectivity index (χ0v) is 9.50. The van der Waals surface area contributed by atoms with Gasteiger partial charge < -0.3 is 15.5 Å². The van der Waals surface area contributed by atoms with Gasteiger partial charge in [0.2, 0.25) is 5.91 Å². The number of carbonyl (C=O) groups excluding carboxylic acids is 1. The third-order valence-corrected chi connectivity index (χ3v) is 4.84. The van der Waals surface area contributed by atoms with Gasteiger partial charge >= 0.3 is 5.97 Å². The summed E-state index contributed by atoms with van der Waals surface area (Å²) in [6.45, 7) is -0.546. The summed E-state index contributed by atoms with van der Waals surface area (Å²) in [7, 11) is 0. The molecule has 3 rings (SSSR count). The lowest BCUT2D eigenvalue weighted by Gasteiger charge is -2.13. The molecule has 0 aromatic heterocycles. The van der Waals surface area contributed by atoms with Gasteiger partial charge in [-0.05, 0) is 42.9 Å². The molecule has 3 saturated carbocycles. The highest BCUT2D eigenvalue weighted by molar-refractivity contribution is 5.87. The normalized spacial score (nSPS) is 43.0. The summed E-state index contributed by atoms with van der Waals surface area (Å²) < 4.78 is 0. The van der Waals surface area contributed by atoms with Crippen LogP contribution in [0.15, 0.2) is 0 Å². The Hall–Kier alpha value is -1.10. The first-order valence-corrected chi connectivity index (χ1v) is 6.27. The molecule has 3 aliphatic carbocycles. The minimum absolute atomic E-state index is 0.0228. The second kappa shape index (κ2) is 3.70. The lowest BCUT2D eigenvalue weighted by atomic mass is 10.0. The molecule has 5 heteroatoms. The smallest absolute Gasteiger partial charge is 0.328 e. The molecule has 1 amide bonds. The molecule has 0 saturated heterocycles. The fourth-order valence-corrected chi connectivity index (χ4v) is 4.13. The van der Waals surface area contributed by atoms with Crippen LogP contribution in [0.1, 0.15) is 19.3 Å². The lowest BCUT2D eigenvalue weighted by molar-refractivity contribution is -0.143. The van der Waals surface area contributed by atoms with Crippen molar-refractivity contribution in [1.82, 2.24) is 5.32 Å². The number of nitrogens with one attached hydrogen (secondary N) is 1. The number of aliphatic carboxylic acids is 1. The van der Waals surface area contributed by atoms with Crippen molar-refractivity contribution in [3.05, 3.63) is 0 Å². The zero-order valence-electron chi connectivity index (χ0n) is 9.50. The molecule has 3 N–H and O–H groups in total. The molecular weight excluding hydrogens is 222 g/mol. The number of aliphatic hydroxyl groups excluding tert-OH is 1. The topological polar surface area (TPSA) is 86.6 Å². The third kappa shape index (κ3) is 1.56. The third-order valence-electron chi connectivity index (χ3n) is 4.84. The van der Waals surface area contributed by atoms with Crippen molar-refractivity contribution in [2.45, 2.75) is 25.3 Å². The van der Waals surface area contributed by atoms with Gasteiger partial charge in [-0.1, -0.05) is 0 Å². The summed E-state index contributed by atoms with van der Waals surface area (Å²) >= 11 is 0. The average Bonchev–Trinajstić information content (AvgIpc) is 2.75. The van der Waals surface area contributed by atoms with Crippen molar-refractivity contribution in [3.63, 3.8) is 0 Å². The van der Waals surface area contributed by atoms with E-state index in [1.54, 1.807) is 0 Å². The molecular formula is C12H17NO4. The highest BCUT2D eigenvalue weighted by Gasteiger charge is 2.67. The Morgan fingerprint density at radius 2 is 1.82 bits per heavy atom. The molecule has 3 aliphatic rings. The number of hydrogen-bond donors (Lipinski definition) is 3. The van der Waals surface area contributed by atoms with Crippen LogP contribution in [-0.2, 0) is 9.59 Å². The summed E-state index contributed by atoms with van der Waals surface area (Å²) in [5.41, 5.74) is 0. The molecule has 94 valence electrons. The van der Waals surface area contributed by atoms with Crippen molar-refractivity contribution >= 4 is 11.9 Å². The van der Waals surface area contributed by atoms with Crippen molar-refractivity contribution in [3.8, 4) is 0 Å². The largest absolute Gasteiger partial charge is 0.480 e. The Balaban J connectivity index is 1.60. The van der Waals surface area contributed by atoms with E-state index in [1.165, 1.54) is 19.3 Å². The second-order valence-corrected chi connectivity index (χ2v) is 5.60. The van der Waals surface area contributed by atoms with Gasteiger partial charge in [0.05, 0.1) is 6.61 Å². The predicted molar refractivity (Wildman–Crippen MR) is 58.0 cm³/mol. The van der Waals surface area contributed by atoms with E-state index in [0.717, 1.165) is 0 Å². The maximum atomic E-state index is 11.9. The highest BCUT2D eigenvalue weighted by atomic mass is 16.4. The van der Waals surface area contributed by atoms with E-state index in [1.807, 2.05) is 0 Å². The number of aliphatic hydroxyl groups is 1. The number of carboxylic acids is 1. The van der Waals surface area contributed by atoms with Gasteiger partial charge in [-0.2, -0.15) is 0 Å². The van der Waals surface area contributed by atoms with Crippen LogP contribution in [0.25, 0.3) is 0 Å². The minimum Gasteiger partial charge on any atom is -0.480 e. The standard InChI is InChI=1S/C12H17NO4/c14-4-7(12(16)17)13-11(15)10-8-5-1-2-6(3-5)9(8)10/h5-10,14H,1-4H2,(H,13,15)(H,16,17)/t5?,6?,7-,8?,9?,10?/m0/s1. The number of hydrogen-bond acceptors (Lipinski definition) is 3. The molecule has 4 unspecified atom stereocenters. The predicted octanol–water partition coefficient (Wildman–Crippen LogP) is -0.160.